The lowest BCUT2D eigenvalue weighted by atomic mass is 10.8. The van der Waals surface area contributed by atoms with Crippen molar-refractivity contribution in [2.24, 2.45) is 0 Å². The van der Waals surface area contributed by atoms with Gasteiger partial charge in [0.1, 0.15) is 0 Å². The standard InChI is InChI=1S/C3H6F2NO2S/c1-2-6-9(7,8)3(4)5/h3,6H,1-2H2. The van der Waals surface area contributed by atoms with E-state index in [1.807, 2.05) is 0 Å². The molecule has 55 valence electrons. The van der Waals surface area contributed by atoms with Gasteiger partial charge in [-0.1, -0.05) is 0 Å². The minimum absolute atomic E-state index is 0.257. The van der Waals surface area contributed by atoms with Crippen LogP contribution in [-0.2, 0) is 10.0 Å². The molecule has 0 heterocycles. The van der Waals surface area contributed by atoms with Crippen LogP contribution in [0, 0.1) is 6.92 Å². The maximum atomic E-state index is 11.3. The van der Waals surface area contributed by atoms with Crippen LogP contribution in [0.4, 0.5) is 8.78 Å². The molecule has 9 heavy (non-hydrogen) atoms. The molecule has 0 amide bonds. The number of halogens is 2. The highest BCUT2D eigenvalue weighted by atomic mass is 32.2. The van der Waals surface area contributed by atoms with Gasteiger partial charge in [-0.25, -0.2) is 13.1 Å². The summed E-state index contributed by atoms with van der Waals surface area (Å²) in [4.78, 5) is 0. The van der Waals surface area contributed by atoms with Gasteiger partial charge in [-0.15, -0.1) is 0 Å². The summed E-state index contributed by atoms with van der Waals surface area (Å²) in [6, 6.07) is 0. The van der Waals surface area contributed by atoms with E-state index in [2.05, 4.69) is 6.92 Å². The van der Waals surface area contributed by atoms with E-state index in [4.69, 9.17) is 0 Å². The van der Waals surface area contributed by atoms with Crippen molar-refractivity contribution >= 4 is 10.0 Å². The first kappa shape index (κ1) is 8.77. The van der Waals surface area contributed by atoms with Crippen molar-refractivity contribution < 1.29 is 17.2 Å². The van der Waals surface area contributed by atoms with E-state index >= 15 is 0 Å². The lowest BCUT2D eigenvalue weighted by Gasteiger charge is -1.99. The van der Waals surface area contributed by atoms with Crippen molar-refractivity contribution in [3.63, 3.8) is 0 Å². The van der Waals surface area contributed by atoms with E-state index in [9.17, 15) is 17.2 Å². The number of nitrogens with one attached hydrogen (secondary N) is 1. The third-order valence-corrected chi connectivity index (χ3v) is 1.61. The minimum atomic E-state index is -4.39. The molecule has 0 saturated heterocycles. The summed E-state index contributed by atoms with van der Waals surface area (Å²) >= 11 is 0. The molecule has 0 aliphatic rings. The third kappa shape index (κ3) is 2.71. The molecule has 0 aromatic carbocycles. The zero-order valence-corrected chi connectivity index (χ0v) is 5.29. The number of hydrogen-bond acceptors (Lipinski definition) is 2. The van der Waals surface area contributed by atoms with Crippen molar-refractivity contribution in [2.45, 2.75) is 5.76 Å². The summed E-state index contributed by atoms with van der Waals surface area (Å²) < 4.78 is 44.2. The van der Waals surface area contributed by atoms with Gasteiger partial charge >= 0.3 is 5.76 Å². The normalized spacial score (nSPS) is 12.4. The molecular formula is C3H6F2NO2S. The van der Waals surface area contributed by atoms with Crippen LogP contribution in [0.5, 0.6) is 0 Å². The summed E-state index contributed by atoms with van der Waals surface area (Å²) in [7, 11) is -4.39. The zero-order chi connectivity index (χ0) is 7.49. The zero-order valence-electron chi connectivity index (χ0n) is 4.47. The molecule has 0 aliphatic heterocycles. The topological polar surface area (TPSA) is 46.2 Å². The van der Waals surface area contributed by atoms with Crippen LogP contribution in [0.1, 0.15) is 0 Å². The molecule has 0 aromatic rings. The third-order valence-electron chi connectivity index (χ3n) is 0.538. The Hall–Kier alpha value is -0.230. The fourth-order valence-corrected chi connectivity index (χ4v) is 0.616. The van der Waals surface area contributed by atoms with Crippen LogP contribution < -0.4 is 4.72 Å². The van der Waals surface area contributed by atoms with E-state index in [-0.39, 0.29) is 6.54 Å². The molecule has 0 fully saturated rings. The van der Waals surface area contributed by atoms with E-state index in [1.54, 1.807) is 0 Å². The highest BCUT2D eigenvalue weighted by Gasteiger charge is 2.21. The summed E-state index contributed by atoms with van der Waals surface area (Å²) in [5.74, 6) is -3.36. The van der Waals surface area contributed by atoms with Gasteiger partial charge in [0, 0.05) is 6.54 Å². The molecule has 3 nitrogen and oxygen atoms in total. The Kier molecular flexibility index (Phi) is 2.99. The highest BCUT2D eigenvalue weighted by Crippen LogP contribution is 1.99. The first-order chi connectivity index (χ1) is 4.00. The summed E-state index contributed by atoms with van der Waals surface area (Å²) in [5.41, 5.74) is 0. The average Bonchev–Trinajstić information content (AvgIpc) is 1.65. The maximum Gasteiger partial charge on any atom is 0.350 e. The van der Waals surface area contributed by atoms with E-state index in [0.717, 1.165) is 0 Å². The molecule has 0 bridgehead atoms. The molecule has 0 atom stereocenters. The summed E-state index contributed by atoms with van der Waals surface area (Å²) in [6.45, 7) is 2.77. The maximum absolute atomic E-state index is 11.3. The molecule has 1 N–H and O–H groups in total. The van der Waals surface area contributed by atoms with Crippen LogP contribution in [0.3, 0.4) is 0 Å². The molecule has 0 unspecified atom stereocenters. The highest BCUT2D eigenvalue weighted by molar-refractivity contribution is 7.89. The van der Waals surface area contributed by atoms with Crippen LogP contribution in [0.2, 0.25) is 0 Å². The Morgan fingerprint density at radius 1 is 1.56 bits per heavy atom. The SMILES string of the molecule is [CH2]CNS(=O)(=O)C(F)F. The second kappa shape index (κ2) is 3.07. The molecule has 0 aromatic heterocycles. The predicted molar refractivity (Wildman–Crippen MR) is 28.3 cm³/mol. The molecule has 6 heteroatoms. The van der Waals surface area contributed by atoms with Crippen molar-refractivity contribution in [3.8, 4) is 0 Å². The number of alkyl halides is 2. The second-order valence-electron chi connectivity index (χ2n) is 1.20. The van der Waals surface area contributed by atoms with Crippen LogP contribution in [0.15, 0.2) is 0 Å². The Bertz CT molecular complexity index is 165. The van der Waals surface area contributed by atoms with Gasteiger partial charge in [0.15, 0.2) is 0 Å². The van der Waals surface area contributed by atoms with Gasteiger partial charge < -0.3 is 0 Å². The summed E-state index contributed by atoms with van der Waals surface area (Å²) in [6.07, 6.45) is 0. The lowest BCUT2D eigenvalue weighted by molar-refractivity contribution is 0.232. The monoisotopic (exact) mass is 158 g/mol. The van der Waals surface area contributed by atoms with Gasteiger partial charge in [0.25, 0.3) is 10.0 Å². The Labute approximate surface area is 52.1 Å². The van der Waals surface area contributed by atoms with Crippen molar-refractivity contribution in [1.29, 1.82) is 0 Å². The van der Waals surface area contributed by atoms with Crippen LogP contribution in [0.25, 0.3) is 0 Å². The van der Waals surface area contributed by atoms with Gasteiger partial charge in [0.05, 0.1) is 0 Å². The fourth-order valence-electron chi connectivity index (χ4n) is 0.205. The van der Waals surface area contributed by atoms with Gasteiger partial charge in [-0.3, -0.25) is 0 Å². The molecular weight excluding hydrogens is 152 g/mol. The number of sulfonamides is 1. The van der Waals surface area contributed by atoms with Crippen LogP contribution >= 0.6 is 0 Å². The van der Waals surface area contributed by atoms with Crippen molar-refractivity contribution in [2.75, 3.05) is 6.54 Å². The van der Waals surface area contributed by atoms with Crippen molar-refractivity contribution in [3.05, 3.63) is 6.92 Å². The summed E-state index contributed by atoms with van der Waals surface area (Å²) in [5, 5.41) is 0. The number of hydrogen-bond donors (Lipinski definition) is 1. The average molecular weight is 158 g/mol. The molecule has 0 rings (SSSR count). The Balaban J connectivity index is 4.05. The largest absolute Gasteiger partial charge is 0.350 e. The second-order valence-corrected chi connectivity index (χ2v) is 2.94. The van der Waals surface area contributed by atoms with E-state index < -0.39 is 15.8 Å². The van der Waals surface area contributed by atoms with E-state index in [1.165, 1.54) is 4.72 Å². The van der Waals surface area contributed by atoms with Gasteiger partial charge in [-0.05, 0) is 6.92 Å². The minimum Gasteiger partial charge on any atom is -0.210 e. The van der Waals surface area contributed by atoms with Crippen molar-refractivity contribution in [1.82, 2.24) is 4.72 Å². The van der Waals surface area contributed by atoms with Crippen LogP contribution in [-0.4, -0.2) is 20.7 Å². The number of rotatable bonds is 3. The molecule has 0 aliphatic carbocycles. The molecule has 0 spiro atoms. The van der Waals surface area contributed by atoms with Gasteiger partial charge in [0.2, 0.25) is 0 Å². The smallest absolute Gasteiger partial charge is 0.210 e. The first-order valence-electron chi connectivity index (χ1n) is 2.06. The first-order valence-corrected chi connectivity index (χ1v) is 3.61. The molecule has 0 saturated carbocycles. The van der Waals surface area contributed by atoms with E-state index in [0.29, 0.717) is 0 Å². The quantitative estimate of drug-likeness (QED) is 0.626. The Morgan fingerprint density at radius 3 is 2.11 bits per heavy atom. The lowest BCUT2D eigenvalue weighted by Crippen LogP contribution is -2.28. The van der Waals surface area contributed by atoms with Gasteiger partial charge in [-0.2, -0.15) is 8.78 Å². The molecule has 1 radical (unpaired) electrons. The Morgan fingerprint density at radius 2 is 2.00 bits per heavy atom. The predicted octanol–water partition coefficient (Wildman–Crippen LogP) is -0.0375. The fraction of sp³-hybridized carbons (Fsp3) is 0.667.